The van der Waals surface area contributed by atoms with Gasteiger partial charge in [-0.2, -0.15) is 14.0 Å². The van der Waals surface area contributed by atoms with Crippen LogP contribution in [0.25, 0.3) is 28.0 Å². The molecule has 0 atom stereocenters. The number of nitriles is 1. The molecule has 0 saturated heterocycles. The lowest BCUT2D eigenvalue weighted by atomic mass is 10.1. The van der Waals surface area contributed by atoms with E-state index < -0.39 is 46.7 Å². The summed E-state index contributed by atoms with van der Waals surface area (Å²) in [7, 11) is -4.32. The highest BCUT2D eigenvalue weighted by atomic mass is 32.2. The number of ether oxygens (including phenoxy) is 1. The van der Waals surface area contributed by atoms with Crippen LogP contribution in [0.3, 0.4) is 0 Å². The Morgan fingerprint density at radius 2 is 1.81 bits per heavy atom. The van der Waals surface area contributed by atoms with Gasteiger partial charge < -0.3 is 9.30 Å². The fraction of sp³-hybridized carbons (Fsp3) is 0.167. The molecule has 4 rings (SSSR count). The van der Waals surface area contributed by atoms with Gasteiger partial charge in [-0.15, -0.1) is 0 Å². The molecule has 0 aliphatic rings. The Labute approximate surface area is 207 Å². The van der Waals surface area contributed by atoms with Gasteiger partial charge in [0, 0.05) is 17.6 Å². The molecule has 0 spiro atoms. The molecule has 192 valence electrons. The van der Waals surface area contributed by atoms with Crippen molar-refractivity contribution in [3.63, 3.8) is 0 Å². The number of sulfonamides is 1. The van der Waals surface area contributed by atoms with Gasteiger partial charge in [0.15, 0.2) is 0 Å². The molecule has 0 bridgehead atoms. The first-order valence-electron chi connectivity index (χ1n) is 10.6. The molecule has 2 heterocycles. The highest BCUT2D eigenvalue weighted by Gasteiger charge is 2.25. The molecular weight excluding hydrogens is 519 g/mol. The minimum absolute atomic E-state index is 0.0120. The van der Waals surface area contributed by atoms with Crippen molar-refractivity contribution in [2.45, 2.75) is 17.5 Å². The average Bonchev–Trinajstić information content (AvgIpc) is 3.20. The van der Waals surface area contributed by atoms with Gasteiger partial charge in [-0.1, -0.05) is 12.1 Å². The molecule has 0 radical (unpaired) electrons. The van der Waals surface area contributed by atoms with Crippen LogP contribution in [-0.4, -0.2) is 44.0 Å². The number of aromatic nitrogens is 2. The second-order valence-electron chi connectivity index (χ2n) is 7.69. The molecule has 4 aromatic rings. The van der Waals surface area contributed by atoms with Crippen LogP contribution in [0.4, 0.5) is 22.0 Å². The van der Waals surface area contributed by atoms with Crippen molar-refractivity contribution in [2.24, 2.45) is 0 Å². The van der Waals surface area contributed by atoms with E-state index in [0.29, 0.717) is 0 Å². The zero-order valence-corrected chi connectivity index (χ0v) is 19.5. The summed E-state index contributed by atoms with van der Waals surface area (Å²) in [5.41, 5.74) is 0.228. The van der Waals surface area contributed by atoms with E-state index in [0.717, 1.165) is 18.3 Å². The summed E-state index contributed by atoms with van der Waals surface area (Å²) in [6.45, 7) is -5.64. The van der Waals surface area contributed by atoms with E-state index in [1.54, 1.807) is 0 Å². The van der Waals surface area contributed by atoms with Crippen LogP contribution in [-0.2, 0) is 10.0 Å². The third kappa shape index (κ3) is 5.11. The van der Waals surface area contributed by atoms with Gasteiger partial charge in [-0.25, -0.2) is 26.3 Å². The van der Waals surface area contributed by atoms with Crippen molar-refractivity contribution in [3.8, 4) is 28.9 Å². The lowest BCUT2D eigenvalue weighted by molar-refractivity contribution is -0.0497. The molecule has 0 aliphatic carbocycles. The third-order valence-electron chi connectivity index (χ3n) is 5.35. The van der Waals surface area contributed by atoms with Gasteiger partial charge in [-0.05, 0) is 36.4 Å². The van der Waals surface area contributed by atoms with Crippen molar-refractivity contribution < 1.29 is 35.1 Å². The van der Waals surface area contributed by atoms with E-state index in [1.807, 2.05) is 10.8 Å². The topological polar surface area (TPSA) is 97.0 Å². The van der Waals surface area contributed by atoms with Crippen molar-refractivity contribution in [2.75, 3.05) is 13.3 Å². The van der Waals surface area contributed by atoms with Crippen molar-refractivity contribution in [3.05, 3.63) is 72.2 Å². The number of halogens is 5. The van der Waals surface area contributed by atoms with E-state index >= 15 is 0 Å². The molecule has 2 aromatic heterocycles. The quantitative estimate of drug-likeness (QED) is 0.307. The van der Waals surface area contributed by atoms with Crippen LogP contribution in [0, 0.1) is 17.1 Å². The van der Waals surface area contributed by atoms with Gasteiger partial charge in [0.25, 0.3) is 0 Å². The van der Waals surface area contributed by atoms with Crippen LogP contribution in [0.2, 0.25) is 0 Å². The van der Waals surface area contributed by atoms with Gasteiger partial charge in [0.2, 0.25) is 10.0 Å². The molecular formula is C24H17F5N4O3S. The summed E-state index contributed by atoms with van der Waals surface area (Å²) in [6.07, 6.45) is 0.918. The summed E-state index contributed by atoms with van der Waals surface area (Å²) < 4.78 is 98.8. The zero-order chi connectivity index (χ0) is 26.7. The first kappa shape index (κ1) is 26.1. The number of alkyl halides is 4. The number of benzene rings is 2. The molecule has 2 aromatic carbocycles. The molecule has 0 amide bonds. The molecule has 0 aliphatic heterocycles. The second kappa shape index (κ2) is 10.5. The van der Waals surface area contributed by atoms with Crippen molar-refractivity contribution in [1.82, 2.24) is 14.3 Å². The van der Waals surface area contributed by atoms with Gasteiger partial charge in [-0.3, -0.25) is 4.98 Å². The standard InChI is InChI=1S/C24H17F5N4O3S/c25-10-14(11-26)32-37(34,35)16-6-8-20(31-13-16)23-18(12-30)17-7-5-15(36-24(28)29)9-22(17)33(23)21-4-2-1-3-19(21)27/h1-9,13-14,24,32H,10-11H2. The zero-order valence-electron chi connectivity index (χ0n) is 18.7. The summed E-state index contributed by atoms with van der Waals surface area (Å²) in [4.78, 5) is 3.71. The van der Waals surface area contributed by atoms with Crippen molar-refractivity contribution in [1.29, 1.82) is 5.26 Å². The number of para-hydroxylation sites is 1. The summed E-state index contributed by atoms with van der Waals surface area (Å²) in [6, 6.07) is 12.1. The number of nitrogens with one attached hydrogen (secondary N) is 1. The minimum Gasteiger partial charge on any atom is -0.435 e. The van der Waals surface area contributed by atoms with E-state index in [2.05, 4.69) is 9.72 Å². The molecule has 13 heteroatoms. The number of hydrogen-bond donors (Lipinski definition) is 1. The predicted octanol–water partition coefficient (Wildman–Crippen LogP) is 4.89. The largest absolute Gasteiger partial charge is 0.435 e. The monoisotopic (exact) mass is 536 g/mol. The first-order chi connectivity index (χ1) is 17.7. The molecule has 0 saturated carbocycles. The SMILES string of the molecule is N#Cc1c(-c2ccc(S(=O)(=O)NC(CF)CF)cn2)n(-c2ccccc2F)c2cc(OC(F)F)ccc12. The summed E-state index contributed by atoms with van der Waals surface area (Å²) in [5.74, 6) is -0.929. The summed E-state index contributed by atoms with van der Waals surface area (Å²) in [5, 5.41) is 10.2. The highest BCUT2D eigenvalue weighted by Crippen LogP contribution is 2.38. The van der Waals surface area contributed by atoms with Crippen LogP contribution in [0.5, 0.6) is 5.75 Å². The van der Waals surface area contributed by atoms with Gasteiger partial charge in [0.1, 0.15) is 35.9 Å². The normalized spacial score (nSPS) is 11.8. The second-order valence-corrected chi connectivity index (χ2v) is 9.40. The van der Waals surface area contributed by atoms with Crippen LogP contribution in [0.15, 0.2) is 65.7 Å². The Morgan fingerprint density at radius 3 is 2.41 bits per heavy atom. The number of rotatable bonds is 9. The maximum Gasteiger partial charge on any atom is 0.387 e. The molecule has 1 N–H and O–H groups in total. The third-order valence-corrected chi connectivity index (χ3v) is 6.86. The lowest BCUT2D eigenvalue weighted by Gasteiger charge is -2.14. The predicted molar refractivity (Wildman–Crippen MR) is 124 cm³/mol. The molecule has 0 fully saturated rings. The van der Waals surface area contributed by atoms with Crippen LogP contribution in [0.1, 0.15) is 5.56 Å². The average molecular weight is 536 g/mol. The first-order valence-corrected chi connectivity index (χ1v) is 12.1. The summed E-state index contributed by atoms with van der Waals surface area (Å²) >= 11 is 0. The fourth-order valence-corrected chi connectivity index (χ4v) is 4.89. The van der Waals surface area contributed by atoms with Gasteiger partial charge in [0.05, 0.1) is 34.2 Å². The Bertz CT molecular complexity index is 1580. The molecule has 0 unspecified atom stereocenters. The van der Waals surface area contributed by atoms with Crippen molar-refractivity contribution >= 4 is 20.9 Å². The number of hydrogen-bond acceptors (Lipinski definition) is 5. The highest BCUT2D eigenvalue weighted by molar-refractivity contribution is 7.89. The molecule has 37 heavy (non-hydrogen) atoms. The molecule has 7 nitrogen and oxygen atoms in total. The maximum atomic E-state index is 14.9. The Balaban J connectivity index is 1.93. The number of fused-ring (bicyclic) bond motifs is 1. The Kier molecular flexibility index (Phi) is 7.42. The van der Waals surface area contributed by atoms with E-state index in [-0.39, 0.29) is 39.3 Å². The lowest BCUT2D eigenvalue weighted by Crippen LogP contribution is -2.37. The van der Waals surface area contributed by atoms with Crippen LogP contribution < -0.4 is 9.46 Å². The number of nitrogens with zero attached hydrogens (tertiary/aromatic N) is 3. The van der Waals surface area contributed by atoms with E-state index in [9.17, 15) is 35.6 Å². The number of pyridine rings is 1. The smallest absolute Gasteiger partial charge is 0.387 e. The maximum absolute atomic E-state index is 14.9. The Hall–Kier alpha value is -4.02. The van der Waals surface area contributed by atoms with E-state index in [4.69, 9.17) is 0 Å². The Morgan fingerprint density at radius 1 is 1.08 bits per heavy atom. The van der Waals surface area contributed by atoms with Gasteiger partial charge >= 0.3 is 6.61 Å². The fourth-order valence-electron chi connectivity index (χ4n) is 3.75. The minimum atomic E-state index is -4.32. The van der Waals surface area contributed by atoms with Crippen LogP contribution >= 0.6 is 0 Å². The van der Waals surface area contributed by atoms with E-state index in [1.165, 1.54) is 47.0 Å².